The van der Waals surface area contributed by atoms with Gasteiger partial charge in [0.15, 0.2) is 9.84 Å². The van der Waals surface area contributed by atoms with E-state index in [2.05, 4.69) is 14.9 Å². The van der Waals surface area contributed by atoms with Gasteiger partial charge < -0.3 is 9.64 Å². The molecule has 2 fully saturated rings. The van der Waals surface area contributed by atoms with Crippen molar-refractivity contribution in [2.75, 3.05) is 24.7 Å². The second kappa shape index (κ2) is 6.88. The first-order valence-electron chi connectivity index (χ1n) is 8.74. The van der Waals surface area contributed by atoms with Crippen molar-refractivity contribution in [3.05, 3.63) is 46.3 Å². The molecule has 4 rings (SSSR count). The van der Waals surface area contributed by atoms with E-state index < -0.39 is 14.6 Å². The van der Waals surface area contributed by atoms with Gasteiger partial charge in [0.2, 0.25) is 5.28 Å². The molecule has 2 heterocycles. The highest BCUT2D eigenvalue weighted by atomic mass is 35.5. The third-order valence-electron chi connectivity index (χ3n) is 5.16. The zero-order valence-corrected chi connectivity index (χ0v) is 17.1. The zero-order chi connectivity index (χ0) is 19.2. The van der Waals surface area contributed by atoms with E-state index in [-0.39, 0.29) is 21.2 Å². The average molecular weight is 428 g/mol. The first-order chi connectivity index (χ1) is 12.8. The number of nitrogens with zero attached hydrogens (tertiary/aromatic N) is 3. The van der Waals surface area contributed by atoms with Crippen LogP contribution in [-0.4, -0.2) is 44.2 Å². The van der Waals surface area contributed by atoms with Crippen molar-refractivity contribution < 1.29 is 13.2 Å². The monoisotopic (exact) mass is 427 g/mol. The lowest BCUT2D eigenvalue weighted by molar-refractivity contribution is 0.0985. The third kappa shape index (κ3) is 3.20. The maximum atomic E-state index is 13.4. The van der Waals surface area contributed by atoms with Crippen LogP contribution in [0.15, 0.2) is 35.2 Å². The predicted molar refractivity (Wildman–Crippen MR) is 104 cm³/mol. The Hall–Kier alpha value is -1.41. The van der Waals surface area contributed by atoms with Gasteiger partial charge in [0.1, 0.15) is 10.6 Å². The third-order valence-corrected chi connectivity index (χ3v) is 8.35. The molecule has 0 spiro atoms. The smallest absolute Gasteiger partial charge is 0.224 e. The second-order valence-electron chi connectivity index (χ2n) is 6.93. The van der Waals surface area contributed by atoms with E-state index >= 15 is 0 Å². The highest BCUT2D eigenvalue weighted by Crippen LogP contribution is 2.55. The molecule has 6 nitrogen and oxygen atoms in total. The minimum Gasteiger partial charge on any atom is -0.377 e. The van der Waals surface area contributed by atoms with Crippen molar-refractivity contribution in [1.29, 1.82) is 0 Å². The molecule has 0 unspecified atom stereocenters. The minimum absolute atomic E-state index is 0.0434. The highest BCUT2D eigenvalue weighted by Gasteiger charge is 2.58. The summed E-state index contributed by atoms with van der Waals surface area (Å²) in [5.41, 5.74) is 0.427. The van der Waals surface area contributed by atoms with E-state index in [0.29, 0.717) is 44.1 Å². The van der Waals surface area contributed by atoms with Crippen LogP contribution in [0.5, 0.6) is 0 Å². The topological polar surface area (TPSA) is 72.4 Å². The van der Waals surface area contributed by atoms with Crippen LogP contribution >= 0.6 is 23.2 Å². The summed E-state index contributed by atoms with van der Waals surface area (Å²) in [7, 11) is -3.71. The summed E-state index contributed by atoms with van der Waals surface area (Å²) in [6.07, 6.45) is 0.956. The number of halogens is 2. The van der Waals surface area contributed by atoms with E-state index in [0.717, 1.165) is 0 Å². The van der Waals surface area contributed by atoms with Crippen LogP contribution in [0.25, 0.3) is 0 Å². The van der Waals surface area contributed by atoms with Crippen molar-refractivity contribution in [2.24, 2.45) is 0 Å². The molecular formula is C18H19Cl2N3O3S. The normalized spacial score (nSPS) is 21.9. The van der Waals surface area contributed by atoms with Gasteiger partial charge in [0, 0.05) is 12.6 Å². The van der Waals surface area contributed by atoms with E-state index in [9.17, 15) is 8.42 Å². The molecule has 1 atom stereocenters. The van der Waals surface area contributed by atoms with Gasteiger partial charge in [-0.1, -0.05) is 23.7 Å². The van der Waals surface area contributed by atoms with Gasteiger partial charge in [-0.15, -0.1) is 0 Å². The van der Waals surface area contributed by atoms with Crippen LogP contribution in [-0.2, 0) is 19.3 Å². The van der Waals surface area contributed by atoms with Gasteiger partial charge in [0.05, 0.1) is 34.9 Å². The highest BCUT2D eigenvalue weighted by molar-refractivity contribution is 7.92. The van der Waals surface area contributed by atoms with Crippen LogP contribution < -0.4 is 4.90 Å². The van der Waals surface area contributed by atoms with E-state index in [1.54, 1.807) is 24.3 Å². The molecule has 1 saturated carbocycles. The Balaban J connectivity index is 1.78. The number of hydrogen-bond acceptors (Lipinski definition) is 6. The lowest BCUT2D eigenvalue weighted by Gasteiger charge is -2.34. The number of benzene rings is 1. The standard InChI is InChI=1S/C18H19Cl2N3O3S/c1-12-11-26-9-8-23(12)16-10-15(21-17(20)22-16)18(6-7-18)27(24,25)14-5-3-2-4-13(14)19/h2-5,10,12H,6-9,11H2,1H3/t12-/m0/s1. The molecule has 1 aliphatic carbocycles. The predicted octanol–water partition coefficient (Wildman–Crippen LogP) is 3.47. The lowest BCUT2D eigenvalue weighted by Crippen LogP contribution is -2.44. The Morgan fingerprint density at radius 3 is 2.63 bits per heavy atom. The van der Waals surface area contributed by atoms with Gasteiger partial charge in [0.25, 0.3) is 0 Å². The zero-order valence-electron chi connectivity index (χ0n) is 14.7. The van der Waals surface area contributed by atoms with E-state index in [1.165, 1.54) is 6.07 Å². The van der Waals surface area contributed by atoms with E-state index in [4.69, 9.17) is 27.9 Å². The number of morpholine rings is 1. The molecule has 2 aliphatic rings. The van der Waals surface area contributed by atoms with Crippen molar-refractivity contribution in [3.63, 3.8) is 0 Å². The number of ether oxygens (including phenoxy) is 1. The largest absolute Gasteiger partial charge is 0.377 e. The fraction of sp³-hybridized carbons (Fsp3) is 0.444. The Labute approximate surface area is 168 Å². The molecule has 0 bridgehead atoms. The van der Waals surface area contributed by atoms with Crippen molar-refractivity contribution in [3.8, 4) is 0 Å². The molecule has 0 radical (unpaired) electrons. The van der Waals surface area contributed by atoms with Crippen molar-refractivity contribution >= 4 is 38.9 Å². The Kier molecular flexibility index (Phi) is 4.83. The molecule has 0 N–H and O–H groups in total. The number of anilines is 1. The fourth-order valence-electron chi connectivity index (χ4n) is 3.50. The molecular weight excluding hydrogens is 409 g/mol. The first-order valence-corrected chi connectivity index (χ1v) is 11.0. The molecule has 1 aliphatic heterocycles. The van der Waals surface area contributed by atoms with Gasteiger partial charge in [-0.2, -0.15) is 0 Å². The Morgan fingerprint density at radius 1 is 1.22 bits per heavy atom. The molecule has 1 aromatic carbocycles. The fourth-order valence-corrected chi connectivity index (χ4v) is 6.14. The number of hydrogen-bond donors (Lipinski definition) is 0. The first kappa shape index (κ1) is 18.9. The number of aromatic nitrogens is 2. The summed E-state index contributed by atoms with van der Waals surface area (Å²) >= 11 is 12.4. The summed E-state index contributed by atoms with van der Waals surface area (Å²) in [6, 6.07) is 8.36. The van der Waals surface area contributed by atoms with Crippen LogP contribution in [0.1, 0.15) is 25.5 Å². The van der Waals surface area contributed by atoms with Crippen molar-refractivity contribution in [1.82, 2.24) is 9.97 Å². The van der Waals surface area contributed by atoms with Gasteiger partial charge in [-0.3, -0.25) is 0 Å². The van der Waals surface area contributed by atoms with Gasteiger partial charge in [-0.05, 0) is 43.5 Å². The quantitative estimate of drug-likeness (QED) is 0.695. The van der Waals surface area contributed by atoms with Gasteiger partial charge >= 0.3 is 0 Å². The Morgan fingerprint density at radius 2 is 1.96 bits per heavy atom. The van der Waals surface area contributed by atoms with Crippen LogP contribution in [0.3, 0.4) is 0 Å². The lowest BCUT2D eigenvalue weighted by atomic mass is 10.2. The van der Waals surface area contributed by atoms with Crippen LogP contribution in [0, 0.1) is 0 Å². The minimum atomic E-state index is -3.71. The summed E-state index contributed by atoms with van der Waals surface area (Å²) in [4.78, 5) is 10.8. The summed E-state index contributed by atoms with van der Waals surface area (Å²) in [5.74, 6) is 0.626. The molecule has 27 heavy (non-hydrogen) atoms. The van der Waals surface area contributed by atoms with Crippen molar-refractivity contribution in [2.45, 2.75) is 35.4 Å². The van der Waals surface area contributed by atoms with E-state index in [1.807, 2.05) is 6.92 Å². The molecule has 1 saturated heterocycles. The number of sulfone groups is 1. The molecule has 1 aromatic heterocycles. The summed E-state index contributed by atoms with van der Waals surface area (Å²) < 4.78 is 31.1. The van der Waals surface area contributed by atoms with Gasteiger partial charge in [-0.25, -0.2) is 18.4 Å². The average Bonchev–Trinajstić information content (AvgIpc) is 3.44. The molecule has 9 heteroatoms. The summed E-state index contributed by atoms with van der Waals surface area (Å²) in [6.45, 7) is 3.87. The maximum absolute atomic E-state index is 13.4. The SMILES string of the molecule is C[C@H]1COCCN1c1cc(C2(S(=O)(=O)c3ccccc3Cl)CC2)nc(Cl)n1. The summed E-state index contributed by atoms with van der Waals surface area (Å²) in [5, 5.41) is 0.257. The maximum Gasteiger partial charge on any atom is 0.224 e. The molecule has 2 aromatic rings. The van der Waals surface area contributed by atoms with Crippen LogP contribution in [0.2, 0.25) is 10.3 Å². The number of rotatable bonds is 4. The Bertz CT molecular complexity index is 980. The second-order valence-corrected chi connectivity index (χ2v) is 9.90. The molecule has 144 valence electrons. The van der Waals surface area contributed by atoms with Crippen LogP contribution in [0.4, 0.5) is 5.82 Å². The molecule has 0 amide bonds.